The number of nitrogens with zero attached hydrogens (tertiary/aromatic N) is 2. The summed E-state index contributed by atoms with van der Waals surface area (Å²) in [5.41, 5.74) is 0.647. The van der Waals surface area contributed by atoms with Crippen LogP contribution in [0.25, 0.3) is 0 Å². The molecule has 2 unspecified atom stereocenters. The molecule has 0 aromatic heterocycles. The average molecular weight is 419 g/mol. The molecular formula is C15H16ClIN2O2. The molecule has 0 saturated carbocycles. The monoisotopic (exact) mass is 418 g/mol. The topological polar surface area (TPSA) is 40.6 Å². The van der Waals surface area contributed by atoms with E-state index in [4.69, 9.17) is 11.6 Å². The normalized spacial score (nSPS) is 25.5. The van der Waals surface area contributed by atoms with Crippen LogP contribution in [0.3, 0.4) is 0 Å². The molecule has 2 aliphatic rings. The van der Waals surface area contributed by atoms with E-state index in [0.29, 0.717) is 23.7 Å². The van der Waals surface area contributed by atoms with E-state index in [1.54, 1.807) is 9.80 Å². The molecule has 2 fully saturated rings. The molecule has 1 aromatic carbocycles. The van der Waals surface area contributed by atoms with E-state index in [1.165, 1.54) is 0 Å². The number of piperazine rings is 1. The van der Waals surface area contributed by atoms with Crippen LogP contribution < -0.4 is 4.90 Å². The molecule has 0 bridgehead atoms. The van der Waals surface area contributed by atoms with Crippen molar-refractivity contribution in [3.8, 4) is 0 Å². The molecule has 6 heteroatoms. The summed E-state index contributed by atoms with van der Waals surface area (Å²) in [5.74, 6) is 0.0521. The third-order valence-corrected chi connectivity index (χ3v) is 5.18. The van der Waals surface area contributed by atoms with Crippen molar-refractivity contribution in [1.29, 1.82) is 0 Å². The zero-order valence-electron chi connectivity index (χ0n) is 11.7. The highest BCUT2D eigenvalue weighted by Gasteiger charge is 2.47. The highest BCUT2D eigenvalue weighted by Crippen LogP contribution is 2.35. The van der Waals surface area contributed by atoms with Gasteiger partial charge in [0.15, 0.2) is 0 Å². The number of rotatable bonds is 2. The Morgan fingerprint density at radius 2 is 2.10 bits per heavy atom. The van der Waals surface area contributed by atoms with Gasteiger partial charge in [0, 0.05) is 10.1 Å². The van der Waals surface area contributed by atoms with Gasteiger partial charge in [0.05, 0.1) is 10.7 Å². The van der Waals surface area contributed by atoms with Crippen LogP contribution in [0.15, 0.2) is 18.2 Å². The second-order valence-electron chi connectivity index (χ2n) is 5.42. The van der Waals surface area contributed by atoms with Crippen molar-refractivity contribution < 1.29 is 9.59 Å². The number of carbonyl (C=O) groups excluding carboxylic acids is 2. The van der Waals surface area contributed by atoms with E-state index in [-0.39, 0.29) is 17.9 Å². The Kier molecular flexibility index (Phi) is 4.14. The SMILES string of the molecule is CCC1C(=O)N2CCCC2C(=O)N1c1ccc(I)cc1Cl. The lowest BCUT2D eigenvalue weighted by Crippen LogP contribution is -2.63. The molecule has 2 aliphatic heterocycles. The fourth-order valence-corrected chi connectivity index (χ4v) is 4.17. The van der Waals surface area contributed by atoms with Crippen LogP contribution in [0.4, 0.5) is 5.69 Å². The van der Waals surface area contributed by atoms with Crippen molar-refractivity contribution >= 4 is 51.7 Å². The van der Waals surface area contributed by atoms with Crippen molar-refractivity contribution in [2.45, 2.75) is 38.3 Å². The van der Waals surface area contributed by atoms with Crippen molar-refractivity contribution in [2.24, 2.45) is 0 Å². The second kappa shape index (κ2) is 5.76. The fraction of sp³-hybridized carbons (Fsp3) is 0.467. The third kappa shape index (κ3) is 2.44. The number of amides is 2. The van der Waals surface area contributed by atoms with Crippen molar-refractivity contribution in [3.63, 3.8) is 0 Å². The Labute approximate surface area is 142 Å². The van der Waals surface area contributed by atoms with Gasteiger partial charge in [0.2, 0.25) is 5.91 Å². The number of hydrogen-bond donors (Lipinski definition) is 0. The van der Waals surface area contributed by atoms with E-state index >= 15 is 0 Å². The first-order valence-electron chi connectivity index (χ1n) is 7.13. The van der Waals surface area contributed by atoms with Gasteiger partial charge in [-0.2, -0.15) is 0 Å². The van der Waals surface area contributed by atoms with Crippen molar-refractivity contribution in [2.75, 3.05) is 11.4 Å². The maximum absolute atomic E-state index is 12.8. The number of fused-ring (bicyclic) bond motifs is 1. The number of benzene rings is 1. The first-order chi connectivity index (χ1) is 10.0. The molecule has 4 nitrogen and oxygen atoms in total. The predicted molar refractivity (Wildman–Crippen MR) is 90.5 cm³/mol. The molecule has 1 aromatic rings. The van der Waals surface area contributed by atoms with Crippen LogP contribution in [0.2, 0.25) is 5.02 Å². The van der Waals surface area contributed by atoms with E-state index < -0.39 is 6.04 Å². The van der Waals surface area contributed by atoms with E-state index in [1.807, 2.05) is 25.1 Å². The van der Waals surface area contributed by atoms with Crippen LogP contribution in [-0.4, -0.2) is 35.3 Å². The molecule has 3 rings (SSSR count). The third-order valence-electron chi connectivity index (χ3n) is 4.21. The Balaban J connectivity index is 2.05. The van der Waals surface area contributed by atoms with Gasteiger partial charge in [0.25, 0.3) is 5.91 Å². The minimum absolute atomic E-state index is 0.00191. The smallest absolute Gasteiger partial charge is 0.250 e. The Morgan fingerprint density at radius 3 is 2.76 bits per heavy atom. The molecule has 112 valence electrons. The quantitative estimate of drug-likeness (QED) is 0.693. The fourth-order valence-electron chi connectivity index (χ4n) is 3.22. The van der Waals surface area contributed by atoms with E-state index in [9.17, 15) is 9.59 Å². The van der Waals surface area contributed by atoms with Crippen LogP contribution in [0, 0.1) is 3.57 Å². The lowest BCUT2D eigenvalue weighted by molar-refractivity contribution is -0.144. The Bertz CT molecular complexity index is 607. The molecule has 0 radical (unpaired) electrons. The minimum atomic E-state index is -0.440. The van der Waals surface area contributed by atoms with E-state index in [2.05, 4.69) is 22.6 Å². The Morgan fingerprint density at radius 1 is 1.33 bits per heavy atom. The molecule has 2 atom stereocenters. The zero-order valence-corrected chi connectivity index (χ0v) is 14.6. The number of halogens is 2. The highest BCUT2D eigenvalue weighted by molar-refractivity contribution is 14.1. The second-order valence-corrected chi connectivity index (χ2v) is 7.07. The summed E-state index contributed by atoms with van der Waals surface area (Å²) in [6, 6.07) is 4.82. The molecule has 21 heavy (non-hydrogen) atoms. The van der Waals surface area contributed by atoms with E-state index in [0.717, 1.165) is 16.4 Å². The largest absolute Gasteiger partial charge is 0.329 e. The molecule has 0 N–H and O–H groups in total. The summed E-state index contributed by atoms with van der Waals surface area (Å²) in [6.45, 7) is 2.62. The molecule has 0 spiro atoms. The maximum Gasteiger partial charge on any atom is 0.250 e. The minimum Gasteiger partial charge on any atom is -0.329 e. The van der Waals surface area contributed by atoms with Crippen LogP contribution in [-0.2, 0) is 9.59 Å². The summed E-state index contributed by atoms with van der Waals surface area (Å²) < 4.78 is 1.01. The molecule has 2 saturated heterocycles. The van der Waals surface area contributed by atoms with Crippen LogP contribution in [0.5, 0.6) is 0 Å². The van der Waals surface area contributed by atoms with Gasteiger partial charge >= 0.3 is 0 Å². The molecule has 2 heterocycles. The number of carbonyl (C=O) groups is 2. The number of anilines is 1. The van der Waals surface area contributed by atoms with Crippen molar-refractivity contribution in [3.05, 3.63) is 26.8 Å². The summed E-state index contributed by atoms with van der Waals surface area (Å²) in [6.07, 6.45) is 2.24. The van der Waals surface area contributed by atoms with Gasteiger partial charge in [-0.25, -0.2) is 0 Å². The lowest BCUT2D eigenvalue weighted by atomic mass is 10.0. The molecule has 2 amide bonds. The number of hydrogen-bond acceptors (Lipinski definition) is 2. The first kappa shape index (κ1) is 15.1. The summed E-state index contributed by atoms with van der Waals surface area (Å²) in [7, 11) is 0. The van der Waals surface area contributed by atoms with Crippen LogP contribution >= 0.6 is 34.2 Å². The predicted octanol–water partition coefficient (Wildman–Crippen LogP) is 3.06. The maximum atomic E-state index is 12.8. The first-order valence-corrected chi connectivity index (χ1v) is 8.59. The summed E-state index contributed by atoms with van der Waals surface area (Å²) in [5, 5.41) is 0.521. The van der Waals surface area contributed by atoms with Gasteiger partial charge in [-0.05, 0) is 60.1 Å². The van der Waals surface area contributed by atoms with Crippen molar-refractivity contribution in [1.82, 2.24) is 4.90 Å². The van der Waals surface area contributed by atoms with Gasteiger partial charge in [-0.1, -0.05) is 18.5 Å². The summed E-state index contributed by atoms with van der Waals surface area (Å²) >= 11 is 8.50. The zero-order chi connectivity index (χ0) is 15.1. The Hall–Kier alpha value is -0.820. The van der Waals surface area contributed by atoms with Gasteiger partial charge in [-0.15, -0.1) is 0 Å². The average Bonchev–Trinajstić information content (AvgIpc) is 2.93. The lowest BCUT2D eigenvalue weighted by Gasteiger charge is -2.42. The van der Waals surface area contributed by atoms with Gasteiger partial charge in [0.1, 0.15) is 12.1 Å². The van der Waals surface area contributed by atoms with Crippen LogP contribution in [0.1, 0.15) is 26.2 Å². The van der Waals surface area contributed by atoms with Gasteiger partial charge in [-0.3, -0.25) is 14.5 Å². The molecular weight excluding hydrogens is 403 g/mol. The standard InChI is InChI=1S/C15H16ClIN2O2/c1-2-11-14(20)18-7-3-4-13(18)15(21)19(11)12-6-5-9(17)8-10(12)16/h5-6,8,11,13H,2-4,7H2,1H3. The van der Waals surface area contributed by atoms with Gasteiger partial charge < -0.3 is 4.90 Å². The summed E-state index contributed by atoms with van der Waals surface area (Å²) in [4.78, 5) is 28.8. The highest BCUT2D eigenvalue weighted by atomic mass is 127. The molecule has 0 aliphatic carbocycles.